The highest BCUT2D eigenvalue weighted by molar-refractivity contribution is 7.20. The Hall–Kier alpha value is -17.9. The molecule has 18 aromatic carbocycles. The Morgan fingerprint density at radius 1 is 0.147 bits per heavy atom. The quantitative estimate of drug-likeness (QED) is 0.0708. The minimum Gasteiger partial charge on any atom is -0.309 e. The van der Waals surface area contributed by atoms with Crippen molar-refractivity contribution in [3.8, 4) is 62.3 Å². The van der Waals surface area contributed by atoms with Crippen molar-refractivity contribution in [3.05, 3.63) is 479 Å². The van der Waals surface area contributed by atoms with E-state index in [9.17, 15) is 0 Å². The summed E-state index contributed by atoms with van der Waals surface area (Å²) in [5, 5.41) is 15.0. The zero-order valence-electron chi connectivity index (χ0n) is 73.4. The SMILES string of the molecule is c1ccc([Si](c2ccccc2)(c2ccccc2)c2cccc(-c3cc(-n4c5ccccc5c5ccccc54)nc(-n4c5ccccc5n5c6ccc(-c7ccc8nc9n(-c%10cc(-c%11cccc([Si](c%12ccccc%12)(c%12ccccc%12)c%12cccc(-n%13c%14ccccc%14c%14ccccc%14%13)c%12)c%11)cc(-n%11c%12ccccc%12n%12c%13ccccc%13nc%11%12)n%10)c%10ccccc%10n9c8c7)cc6nc45)c3)c2)cc1. The van der Waals surface area contributed by atoms with Gasteiger partial charge in [-0.05, 0) is 208 Å². The maximum Gasteiger partial charge on any atom is 0.221 e. The Labute approximate surface area is 781 Å². The molecular formula is C121H79N13Si2. The predicted octanol–water partition coefficient (Wildman–Crippen LogP) is 22.7. The number of pyridine rings is 2. The summed E-state index contributed by atoms with van der Waals surface area (Å²) in [4.78, 5) is 28.8. The second kappa shape index (κ2) is 30.3. The van der Waals surface area contributed by atoms with Gasteiger partial charge in [0.1, 0.15) is 23.3 Å². The Kier molecular flexibility index (Phi) is 17.2. The number of imidazole rings is 6. The molecule has 0 atom stereocenters. The molecule has 0 saturated heterocycles. The zero-order chi connectivity index (χ0) is 89.3. The Balaban J connectivity index is 0.615. The summed E-state index contributed by atoms with van der Waals surface area (Å²) in [6.45, 7) is 0. The number of para-hydroxylation sites is 12. The molecule has 0 unspecified atom stereocenters. The first-order valence-electron chi connectivity index (χ1n) is 46.3. The van der Waals surface area contributed by atoms with E-state index in [1.54, 1.807) is 0 Å². The fourth-order valence-corrected chi connectivity index (χ4v) is 32.2. The fraction of sp³-hybridized carbons (Fsp3) is 0. The van der Waals surface area contributed by atoms with Gasteiger partial charge in [-0.15, -0.1) is 0 Å². The van der Waals surface area contributed by atoms with Gasteiger partial charge < -0.3 is 4.57 Å². The van der Waals surface area contributed by atoms with Gasteiger partial charge in [0.05, 0.1) is 88.3 Å². The molecule has 0 aliphatic rings. The number of hydrogen-bond acceptors (Lipinski definition) is 5. The first-order valence-corrected chi connectivity index (χ1v) is 50.3. The van der Waals surface area contributed by atoms with E-state index in [-0.39, 0.29) is 0 Å². The van der Waals surface area contributed by atoms with Crippen molar-refractivity contribution in [1.82, 2.24) is 61.0 Å². The molecule has 636 valence electrons. The van der Waals surface area contributed by atoms with Crippen LogP contribution in [0.15, 0.2) is 479 Å². The molecule has 0 saturated carbocycles. The Morgan fingerprint density at radius 3 is 0.860 bits per heavy atom. The van der Waals surface area contributed by atoms with E-state index < -0.39 is 16.1 Å². The lowest BCUT2D eigenvalue weighted by Gasteiger charge is -2.35. The summed E-state index contributed by atoms with van der Waals surface area (Å²) < 4.78 is 18.5. The predicted molar refractivity (Wildman–Crippen MR) is 564 cm³/mol. The molecule has 136 heavy (non-hydrogen) atoms. The monoisotopic (exact) mass is 1770 g/mol. The summed E-state index contributed by atoms with van der Waals surface area (Å²) in [5.74, 6) is 5.17. The number of aromatic nitrogens is 13. The molecule has 0 fully saturated rings. The molecule has 0 radical (unpaired) electrons. The van der Waals surface area contributed by atoms with Crippen LogP contribution in [0.4, 0.5) is 0 Å². The van der Waals surface area contributed by atoms with Gasteiger partial charge in [0, 0.05) is 27.2 Å². The van der Waals surface area contributed by atoms with E-state index in [1.165, 1.54) is 63.3 Å². The van der Waals surface area contributed by atoms with E-state index >= 15 is 0 Å². The van der Waals surface area contributed by atoms with Crippen molar-refractivity contribution in [2.75, 3.05) is 0 Å². The van der Waals surface area contributed by atoms with Gasteiger partial charge >= 0.3 is 0 Å². The molecule has 0 bridgehead atoms. The summed E-state index contributed by atoms with van der Waals surface area (Å²) in [5.41, 5.74) is 23.2. The normalized spacial score (nSPS) is 12.3. The number of hydrogen-bond donors (Lipinski definition) is 0. The van der Waals surface area contributed by atoms with E-state index in [2.05, 4.69) is 515 Å². The lowest BCUT2D eigenvalue weighted by Crippen LogP contribution is -2.74. The molecule has 0 N–H and O–H groups in total. The second-order valence-electron chi connectivity index (χ2n) is 35.5. The minimum absolute atomic E-state index is 0.696. The number of rotatable bonds is 16. The molecule has 0 aliphatic carbocycles. The molecule has 0 aliphatic heterocycles. The first kappa shape index (κ1) is 76.9. The second-order valence-corrected chi connectivity index (χ2v) is 43.2. The molecule has 10 heterocycles. The van der Waals surface area contributed by atoms with Gasteiger partial charge in [-0.3, -0.25) is 31.5 Å². The molecule has 28 rings (SSSR count). The number of fused-ring (bicyclic) bond motifs is 21. The lowest BCUT2D eigenvalue weighted by atomic mass is 10.0. The molecule has 10 aromatic heterocycles. The maximum absolute atomic E-state index is 5.93. The smallest absolute Gasteiger partial charge is 0.221 e. The largest absolute Gasteiger partial charge is 0.309 e. The van der Waals surface area contributed by atoms with Crippen LogP contribution in [-0.2, 0) is 0 Å². The molecule has 15 heteroatoms. The molecule has 13 nitrogen and oxygen atoms in total. The fourth-order valence-electron chi connectivity index (χ4n) is 22.5. The van der Waals surface area contributed by atoms with Gasteiger partial charge in [0.25, 0.3) is 0 Å². The van der Waals surface area contributed by atoms with Crippen LogP contribution >= 0.6 is 0 Å². The molecule has 28 aromatic rings. The molecule has 0 spiro atoms. The van der Waals surface area contributed by atoms with Crippen LogP contribution in [0.1, 0.15) is 0 Å². The van der Waals surface area contributed by atoms with E-state index in [0.717, 1.165) is 156 Å². The van der Waals surface area contributed by atoms with Crippen molar-refractivity contribution in [1.29, 1.82) is 0 Å². The minimum atomic E-state index is -3.27. The van der Waals surface area contributed by atoms with Crippen LogP contribution < -0.4 is 41.5 Å². The average Bonchev–Trinajstić information content (AvgIpc) is 1.47. The first-order chi connectivity index (χ1) is 67.4. The Morgan fingerprint density at radius 2 is 0.434 bits per heavy atom. The van der Waals surface area contributed by atoms with Crippen LogP contribution in [0.5, 0.6) is 0 Å². The molecular weight excluding hydrogens is 1690 g/mol. The van der Waals surface area contributed by atoms with Crippen molar-refractivity contribution >= 4 is 185 Å². The highest BCUT2D eigenvalue weighted by Crippen LogP contribution is 2.42. The summed E-state index contributed by atoms with van der Waals surface area (Å²) in [6.07, 6.45) is 0. The third-order valence-electron chi connectivity index (χ3n) is 28.3. The third-order valence-corrected chi connectivity index (χ3v) is 37.9. The van der Waals surface area contributed by atoms with Gasteiger partial charge in [-0.25, -0.2) is 24.9 Å². The maximum atomic E-state index is 5.93. The van der Waals surface area contributed by atoms with Crippen molar-refractivity contribution < 1.29 is 0 Å². The summed E-state index contributed by atoms with van der Waals surface area (Å²) >= 11 is 0. The van der Waals surface area contributed by atoms with Gasteiger partial charge in [0.15, 0.2) is 16.1 Å². The van der Waals surface area contributed by atoms with E-state index in [4.69, 9.17) is 24.9 Å². The standard InChI is InChI=1S/C121H79N13Si2/c1-6-38-87(39-7-1)135(88-40-8-2-9-41-88,89-42-10-3-11-43-89)92-48-32-35-80(71-92)84-75-115(128-104-58-23-18-53-97(104)98-54-19-24-59-105(98)128)125-116(76-84)134-112-65-30-27-62-109(112)130-107-70-68-82(73-101(107)124-121(130)134)83-67-69-100-114(74-83)131-110-63-28-31-66-113(110)133(120(131)123-100)118-78-85(77-117(126-118)132-111-64-29-26-61-108(111)129-106-60-25-20-55-99(106)122-119(129)132)81-36-33-49-93(72-81)136(90-44-12-4-13-45-90,91-46-14-5-15-47-91)94-50-34-37-86(79-94)127-102-56-21-16-51-95(102)96-52-17-22-57-103(96)127/h1-79H. The average molecular weight is 1770 g/mol. The zero-order valence-corrected chi connectivity index (χ0v) is 75.4. The van der Waals surface area contributed by atoms with Crippen molar-refractivity contribution in [2.45, 2.75) is 0 Å². The Bertz CT molecular complexity index is 9480. The van der Waals surface area contributed by atoms with Crippen LogP contribution in [0.3, 0.4) is 0 Å². The topological polar surface area (TPSA) is 102 Å². The van der Waals surface area contributed by atoms with Crippen molar-refractivity contribution in [3.63, 3.8) is 0 Å². The summed E-state index contributed by atoms with van der Waals surface area (Å²) in [6, 6.07) is 176. The van der Waals surface area contributed by atoms with Crippen LogP contribution in [-0.4, -0.2) is 77.1 Å². The van der Waals surface area contributed by atoms with E-state index in [1.807, 2.05) is 0 Å². The number of nitrogens with zero attached hydrogens (tertiary/aromatic N) is 13. The van der Waals surface area contributed by atoms with Gasteiger partial charge in [0.2, 0.25) is 17.3 Å². The van der Waals surface area contributed by atoms with Crippen LogP contribution in [0, 0.1) is 0 Å². The third kappa shape index (κ3) is 11.5. The highest BCUT2D eigenvalue weighted by atomic mass is 28.3. The van der Waals surface area contributed by atoms with Gasteiger partial charge in [-0.1, -0.05) is 346 Å². The highest BCUT2D eigenvalue weighted by Gasteiger charge is 2.44. The van der Waals surface area contributed by atoms with Crippen LogP contribution in [0.25, 0.3) is 189 Å². The molecule has 0 amide bonds. The van der Waals surface area contributed by atoms with Gasteiger partial charge in [-0.2, -0.15) is 0 Å². The lowest BCUT2D eigenvalue weighted by molar-refractivity contribution is 0.983. The summed E-state index contributed by atoms with van der Waals surface area (Å²) in [7, 11) is -6.24. The number of benzene rings is 18. The van der Waals surface area contributed by atoms with E-state index in [0.29, 0.717) is 11.6 Å². The van der Waals surface area contributed by atoms with Crippen LogP contribution in [0.2, 0.25) is 0 Å². The van der Waals surface area contributed by atoms with Crippen molar-refractivity contribution in [2.24, 2.45) is 0 Å².